The predicted octanol–water partition coefficient (Wildman–Crippen LogP) is 1.96. The first kappa shape index (κ1) is 18.7. The average molecular weight is 371 g/mol. The minimum Gasteiger partial charge on any atom is -0.212 e. The molecule has 0 heterocycles. The number of sulfonamides is 2. The van der Waals surface area contributed by atoms with E-state index in [1.165, 1.54) is 0 Å². The van der Waals surface area contributed by atoms with E-state index in [4.69, 9.17) is 0 Å². The van der Waals surface area contributed by atoms with Crippen LogP contribution in [0.15, 0.2) is 23.1 Å². The third-order valence-corrected chi connectivity index (χ3v) is 5.08. The molecule has 0 saturated heterocycles. The van der Waals surface area contributed by atoms with Crippen molar-refractivity contribution in [2.45, 2.75) is 17.2 Å². The maximum atomic E-state index is 12.6. The van der Waals surface area contributed by atoms with E-state index in [-0.39, 0.29) is 18.2 Å². The fourth-order valence-electron chi connectivity index (χ4n) is 1.33. The maximum absolute atomic E-state index is 12.6. The molecule has 13 heteroatoms. The second-order valence-electron chi connectivity index (χ2n) is 4.10. The highest BCUT2D eigenvalue weighted by Crippen LogP contribution is 2.37. The Bertz CT molecular complexity index is 747. The Balaban J connectivity index is 3.62. The molecule has 0 spiro atoms. The van der Waals surface area contributed by atoms with Gasteiger partial charge in [0.15, 0.2) is 0 Å². The second kappa shape index (κ2) is 5.38. The minimum absolute atomic E-state index is 0.0945. The van der Waals surface area contributed by atoms with Crippen molar-refractivity contribution in [2.24, 2.45) is 0 Å². The standard InChI is InChI=1S/C9H7F6NO4S2/c1-21(17,18)16-22(19,20)7-3-5(8(10,11)12)2-6(4-7)9(13,14)15/h2-4,16H,1H3. The van der Waals surface area contributed by atoms with Gasteiger partial charge in [0.25, 0.3) is 10.0 Å². The predicted molar refractivity (Wildman–Crippen MR) is 61.6 cm³/mol. The third-order valence-electron chi connectivity index (χ3n) is 2.13. The van der Waals surface area contributed by atoms with Crippen LogP contribution < -0.4 is 4.13 Å². The summed E-state index contributed by atoms with van der Waals surface area (Å²) in [5.41, 5.74) is -3.76. The number of benzene rings is 1. The molecular formula is C9H7F6NO4S2. The Morgan fingerprint density at radius 1 is 0.818 bits per heavy atom. The van der Waals surface area contributed by atoms with E-state index in [1.807, 2.05) is 0 Å². The van der Waals surface area contributed by atoms with Crippen molar-refractivity contribution in [2.75, 3.05) is 6.26 Å². The van der Waals surface area contributed by atoms with Gasteiger partial charge in [0, 0.05) is 0 Å². The summed E-state index contributed by atoms with van der Waals surface area (Å²) in [4.78, 5) is -1.47. The van der Waals surface area contributed by atoms with Gasteiger partial charge in [0.1, 0.15) is 0 Å². The van der Waals surface area contributed by atoms with E-state index in [0.717, 1.165) is 4.13 Å². The van der Waals surface area contributed by atoms with Gasteiger partial charge in [-0.2, -0.15) is 26.3 Å². The zero-order valence-corrected chi connectivity index (χ0v) is 12.1. The average Bonchev–Trinajstić information content (AvgIpc) is 2.22. The Hall–Kier alpha value is -1.34. The van der Waals surface area contributed by atoms with E-state index in [0.29, 0.717) is 6.26 Å². The topological polar surface area (TPSA) is 80.3 Å². The second-order valence-corrected chi connectivity index (χ2v) is 7.79. The van der Waals surface area contributed by atoms with Gasteiger partial charge in [-0.3, -0.25) is 0 Å². The van der Waals surface area contributed by atoms with E-state index < -0.39 is 48.4 Å². The molecule has 1 N–H and O–H groups in total. The molecule has 0 fully saturated rings. The number of hydrogen-bond donors (Lipinski definition) is 1. The van der Waals surface area contributed by atoms with Crippen molar-refractivity contribution in [3.63, 3.8) is 0 Å². The van der Waals surface area contributed by atoms with Crippen LogP contribution in [0, 0.1) is 0 Å². The molecule has 1 rings (SSSR count). The highest BCUT2D eigenvalue weighted by atomic mass is 32.3. The molecule has 0 aromatic heterocycles. The Morgan fingerprint density at radius 3 is 1.45 bits per heavy atom. The lowest BCUT2D eigenvalue weighted by atomic mass is 10.1. The molecule has 0 amide bonds. The lowest BCUT2D eigenvalue weighted by molar-refractivity contribution is -0.143. The van der Waals surface area contributed by atoms with Crippen LogP contribution >= 0.6 is 0 Å². The molecule has 126 valence electrons. The zero-order valence-electron chi connectivity index (χ0n) is 10.4. The SMILES string of the molecule is CS(=O)(=O)NS(=O)(=O)c1cc(C(F)(F)F)cc(C(F)(F)F)c1. The molecule has 0 aliphatic heterocycles. The number of hydrogen-bond acceptors (Lipinski definition) is 4. The molecule has 0 unspecified atom stereocenters. The van der Waals surface area contributed by atoms with Crippen LogP contribution in [0.25, 0.3) is 0 Å². The van der Waals surface area contributed by atoms with Crippen molar-refractivity contribution in [1.29, 1.82) is 0 Å². The summed E-state index contributed by atoms with van der Waals surface area (Å²) in [6, 6.07) is -0.467. The zero-order chi connectivity index (χ0) is 17.6. The normalized spacial score (nSPS) is 14.1. The molecule has 0 saturated carbocycles. The Morgan fingerprint density at radius 2 is 1.18 bits per heavy atom. The number of rotatable bonds is 3. The maximum Gasteiger partial charge on any atom is 0.416 e. The van der Waals surface area contributed by atoms with Gasteiger partial charge in [0.2, 0.25) is 10.0 Å². The first-order valence-corrected chi connectivity index (χ1v) is 8.43. The Kier molecular flexibility index (Phi) is 4.58. The molecule has 5 nitrogen and oxygen atoms in total. The van der Waals surface area contributed by atoms with Crippen molar-refractivity contribution >= 4 is 20.0 Å². The molecule has 22 heavy (non-hydrogen) atoms. The van der Waals surface area contributed by atoms with Crippen LogP contribution in [0.5, 0.6) is 0 Å². The van der Waals surface area contributed by atoms with Crippen molar-refractivity contribution in [1.82, 2.24) is 4.13 Å². The van der Waals surface area contributed by atoms with Crippen LogP contribution in [-0.4, -0.2) is 23.1 Å². The van der Waals surface area contributed by atoms with Crippen molar-refractivity contribution < 1.29 is 43.2 Å². The molecule has 0 bridgehead atoms. The summed E-state index contributed by atoms with van der Waals surface area (Å²) in [6.45, 7) is 0. The molecule has 0 aliphatic rings. The number of nitrogens with one attached hydrogen (secondary N) is 1. The van der Waals surface area contributed by atoms with Gasteiger partial charge < -0.3 is 0 Å². The van der Waals surface area contributed by atoms with Crippen molar-refractivity contribution in [3.8, 4) is 0 Å². The largest absolute Gasteiger partial charge is 0.416 e. The highest BCUT2D eigenvalue weighted by molar-refractivity contribution is 8.04. The first-order valence-electron chi connectivity index (χ1n) is 5.05. The van der Waals surface area contributed by atoms with E-state index in [1.54, 1.807) is 0 Å². The molecule has 1 aromatic carbocycles. The summed E-state index contributed by atoms with van der Waals surface area (Å²) < 4.78 is 121. The smallest absolute Gasteiger partial charge is 0.212 e. The fraction of sp³-hybridized carbons (Fsp3) is 0.333. The minimum atomic E-state index is -5.25. The summed E-state index contributed by atoms with van der Waals surface area (Å²) in [5, 5.41) is 0. The lowest BCUT2D eigenvalue weighted by Gasteiger charge is -2.14. The first-order chi connectivity index (χ1) is 9.52. The van der Waals surface area contributed by atoms with Crippen LogP contribution in [0.4, 0.5) is 26.3 Å². The summed E-state index contributed by atoms with van der Waals surface area (Å²) in [6.07, 6.45) is -10.1. The van der Waals surface area contributed by atoms with Gasteiger partial charge in [-0.25, -0.2) is 16.8 Å². The van der Waals surface area contributed by atoms with E-state index >= 15 is 0 Å². The third kappa shape index (κ3) is 4.84. The highest BCUT2D eigenvalue weighted by Gasteiger charge is 2.38. The molecule has 0 radical (unpaired) electrons. The van der Waals surface area contributed by atoms with Crippen molar-refractivity contribution in [3.05, 3.63) is 29.3 Å². The number of alkyl halides is 6. The van der Waals surface area contributed by atoms with Crippen LogP contribution in [0.3, 0.4) is 0 Å². The van der Waals surface area contributed by atoms with Gasteiger partial charge in [-0.1, -0.05) is 0 Å². The number of halogens is 6. The van der Waals surface area contributed by atoms with E-state index in [2.05, 4.69) is 0 Å². The van der Waals surface area contributed by atoms with E-state index in [9.17, 15) is 43.2 Å². The summed E-state index contributed by atoms with van der Waals surface area (Å²) in [7, 11) is -9.55. The fourth-order valence-corrected chi connectivity index (χ4v) is 3.87. The lowest BCUT2D eigenvalue weighted by Crippen LogP contribution is -2.30. The Labute approximate surface area is 121 Å². The van der Waals surface area contributed by atoms with Crippen LogP contribution in [-0.2, 0) is 32.4 Å². The van der Waals surface area contributed by atoms with Gasteiger partial charge >= 0.3 is 12.4 Å². The van der Waals surface area contributed by atoms with Crippen LogP contribution in [0.2, 0.25) is 0 Å². The van der Waals surface area contributed by atoms with Crippen LogP contribution in [0.1, 0.15) is 11.1 Å². The molecule has 0 aliphatic carbocycles. The molecule has 0 atom stereocenters. The van der Waals surface area contributed by atoms with Gasteiger partial charge in [-0.05, 0) is 18.2 Å². The van der Waals surface area contributed by atoms with Gasteiger partial charge in [-0.15, -0.1) is 4.13 Å². The molecular weight excluding hydrogens is 364 g/mol. The van der Waals surface area contributed by atoms with Gasteiger partial charge in [0.05, 0.1) is 22.3 Å². The molecule has 1 aromatic rings. The quantitative estimate of drug-likeness (QED) is 0.824. The summed E-state index contributed by atoms with van der Waals surface area (Å²) in [5.74, 6) is 0. The summed E-state index contributed by atoms with van der Waals surface area (Å²) >= 11 is 0. The monoisotopic (exact) mass is 371 g/mol.